The van der Waals surface area contributed by atoms with E-state index in [2.05, 4.69) is 46.1 Å². The third kappa shape index (κ3) is 1.41. The molecule has 16 heavy (non-hydrogen) atoms. The average Bonchev–Trinajstić information content (AvgIpc) is 2.89. The Morgan fingerprint density at radius 1 is 1.25 bits per heavy atom. The zero-order valence-electron chi connectivity index (χ0n) is 9.12. The molecule has 3 heteroatoms. The number of hydrogen-bond donors (Lipinski definition) is 2. The van der Waals surface area contributed by atoms with Crippen molar-refractivity contribution in [1.82, 2.24) is 15.0 Å². The van der Waals surface area contributed by atoms with Gasteiger partial charge in [0, 0.05) is 35.4 Å². The molecule has 2 heterocycles. The summed E-state index contributed by atoms with van der Waals surface area (Å²) in [6.07, 6.45) is 4.50. The van der Waals surface area contributed by atoms with Crippen LogP contribution in [0, 0.1) is 6.92 Å². The topological polar surface area (TPSA) is 44.5 Å². The van der Waals surface area contributed by atoms with Crippen LogP contribution in [0.15, 0.2) is 36.7 Å². The lowest BCUT2D eigenvalue weighted by molar-refractivity contribution is 1.02. The van der Waals surface area contributed by atoms with Gasteiger partial charge in [-0.1, -0.05) is 18.2 Å². The van der Waals surface area contributed by atoms with Gasteiger partial charge in [-0.2, -0.15) is 0 Å². The van der Waals surface area contributed by atoms with Crippen LogP contribution in [0.2, 0.25) is 0 Å². The number of benzene rings is 1. The first-order valence-corrected chi connectivity index (χ1v) is 5.39. The SMILES string of the molecule is Cc1[nH]c2ccccc2c1Cc1ncc[nH]1. The lowest BCUT2D eigenvalue weighted by atomic mass is 10.1. The Kier molecular flexibility index (Phi) is 2.03. The lowest BCUT2D eigenvalue weighted by Crippen LogP contribution is -1.91. The van der Waals surface area contributed by atoms with Crippen molar-refractivity contribution in [2.24, 2.45) is 0 Å². The van der Waals surface area contributed by atoms with Crippen LogP contribution in [0.4, 0.5) is 0 Å². The molecule has 0 aliphatic rings. The first-order chi connectivity index (χ1) is 7.84. The van der Waals surface area contributed by atoms with E-state index in [-0.39, 0.29) is 0 Å². The number of aromatic nitrogens is 3. The van der Waals surface area contributed by atoms with E-state index in [1.807, 2.05) is 6.20 Å². The molecule has 0 radical (unpaired) electrons. The van der Waals surface area contributed by atoms with Gasteiger partial charge in [0.15, 0.2) is 0 Å². The molecule has 0 saturated carbocycles. The first kappa shape index (κ1) is 9.21. The second-order valence-corrected chi connectivity index (χ2v) is 3.99. The minimum absolute atomic E-state index is 0.850. The molecule has 0 atom stereocenters. The van der Waals surface area contributed by atoms with Gasteiger partial charge in [-0.25, -0.2) is 4.98 Å². The van der Waals surface area contributed by atoms with Crippen LogP contribution in [-0.2, 0) is 6.42 Å². The number of rotatable bonds is 2. The molecule has 0 aliphatic carbocycles. The molecule has 3 aromatic rings. The fourth-order valence-corrected chi connectivity index (χ4v) is 2.12. The maximum absolute atomic E-state index is 4.27. The van der Waals surface area contributed by atoms with Crippen LogP contribution in [0.5, 0.6) is 0 Å². The predicted octanol–water partition coefficient (Wildman–Crippen LogP) is 2.79. The summed E-state index contributed by atoms with van der Waals surface area (Å²) >= 11 is 0. The largest absolute Gasteiger partial charge is 0.358 e. The van der Waals surface area contributed by atoms with E-state index in [0.29, 0.717) is 0 Å². The van der Waals surface area contributed by atoms with Gasteiger partial charge in [0.25, 0.3) is 0 Å². The number of nitrogens with zero attached hydrogens (tertiary/aromatic N) is 1. The molecule has 0 spiro atoms. The number of fused-ring (bicyclic) bond motifs is 1. The fraction of sp³-hybridized carbons (Fsp3) is 0.154. The quantitative estimate of drug-likeness (QED) is 0.672. The Balaban J connectivity index is 2.12. The highest BCUT2D eigenvalue weighted by Gasteiger charge is 2.09. The molecule has 2 N–H and O–H groups in total. The molecule has 80 valence electrons. The molecule has 0 aliphatic heterocycles. The Morgan fingerprint density at radius 2 is 2.12 bits per heavy atom. The van der Waals surface area contributed by atoms with Crippen molar-refractivity contribution in [3.8, 4) is 0 Å². The number of para-hydroxylation sites is 1. The van der Waals surface area contributed by atoms with Gasteiger partial charge in [0.1, 0.15) is 5.82 Å². The second kappa shape index (κ2) is 3.52. The maximum atomic E-state index is 4.27. The predicted molar refractivity (Wildman–Crippen MR) is 64.4 cm³/mol. The van der Waals surface area contributed by atoms with Crippen molar-refractivity contribution in [1.29, 1.82) is 0 Å². The summed E-state index contributed by atoms with van der Waals surface area (Å²) in [4.78, 5) is 10.8. The van der Waals surface area contributed by atoms with Crippen molar-refractivity contribution in [2.75, 3.05) is 0 Å². The molecule has 0 bridgehead atoms. The van der Waals surface area contributed by atoms with Gasteiger partial charge in [-0.05, 0) is 18.6 Å². The van der Waals surface area contributed by atoms with E-state index >= 15 is 0 Å². The highest BCUT2D eigenvalue weighted by Crippen LogP contribution is 2.23. The highest BCUT2D eigenvalue weighted by atomic mass is 14.9. The van der Waals surface area contributed by atoms with Crippen LogP contribution in [0.3, 0.4) is 0 Å². The number of aromatic amines is 2. The van der Waals surface area contributed by atoms with E-state index in [1.54, 1.807) is 6.20 Å². The molecule has 0 amide bonds. The van der Waals surface area contributed by atoms with Crippen LogP contribution in [-0.4, -0.2) is 15.0 Å². The molecule has 3 rings (SSSR count). The van der Waals surface area contributed by atoms with Crippen molar-refractivity contribution in [2.45, 2.75) is 13.3 Å². The molecule has 0 fully saturated rings. The Hall–Kier alpha value is -2.03. The van der Waals surface area contributed by atoms with Crippen molar-refractivity contribution < 1.29 is 0 Å². The van der Waals surface area contributed by atoms with E-state index in [9.17, 15) is 0 Å². The third-order valence-corrected chi connectivity index (χ3v) is 2.93. The number of H-pyrrole nitrogens is 2. The monoisotopic (exact) mass is 211 g/mol. The van der Waals surface area contributed by atoms with Gasteiger partial charge in [-0.3, -0.25) is 0 Å². The van der Waals surface area contributed by atoms with Crippen LogP contribution in [0.25, 0.3) is 10.9 Å². The summed E-state index contributed by atoms with van der Waals surface area (Å²) < 4.78 is 0. The highest BCUT2D eigenvalue weighted by molar-refractivity contribution is 5.84. The summed E-state index contributed by atoms with van der Waals surface area (Å²) in [7, 11) is 0. The summed E-state index contributed by atoms with van der Waals surface area (Å²) in [6, 6.07) is 8.38. The zero-order chi connectivity index (χ0) is 11.0. The van der Waals surface area contributed by atoms with E-state index in [1.165, 1.54) is 22.2 Å². The third-order valence-electron chi connectivity index (χ3n) is 2.93. The molecule has 3 nitrogen and oxygen atoms in total. The fourth-order valence-electron chi connectivity index (χ4n) is 2.12. The van der Waals surface area contributed by atoms with Crippen LogP contribution >= 0.6 is 0 Å². The zero-order valence-corrected chi connectivity index (χ0v) is 9.12. The van der Waals surface area contributed by atoms with E-state index in [4.69, 9.17) is 0 Å². The number of nitrogens with one attached hydrogen (secondary N) is 2. The van der Waals surface area contributed by atoms with Gasteiger partial charge in [0.2, 0.25) is 0 Å². The summed E-state index contributed by atoms with van der Waals surface area (Å²) in [5.41, 5.74) is 3.74. The minimum atomic E-state index is 0.850. The van der Waals surface area contributed by atoms with Crippen LogP contribution in [0.1, 0.15) is 17.1 Å². The summed E-state index contributed by atoms with van der Waals surface area (Å²) in [5, 5.41) is 1.29. The Labute approximate surface area is 93.5 Å². The maximum Gasteiger partial charge on any atom is 0.110 e. The number of hydrogen-bond acceptors (Lipinski definition) is 1. The standard InChI is InChI=1S/C13H13N3/c1-9-11(8-13-14-6-7-15-13)10-4-2-3-5-12(10)16-9/h2-7,16H,8H2,1H3,(H,14,15). The molecule has 2 aromatic heterocycles. The summed E-state index contributed by atoms with van der Waals surface area (Å²) in [5.74, 6) is 1.01. The summed E-state index contributed by atoms with van der Waals surface area (Å²) in [6.45, 7) is 2.11. The molecule has 0 unspecified atom stereocenters. The van der Waals surface area contributed by atoms with E-state index < -0.39 is 0 Å². The molecule has 0 saturated heterocycles. The number of imidazole rings is 1. The van der Waals surface area contributed by atoms with Gasteiger partial charge < -0.3 is 9.97 Å². The van der Waals surface area contributed by atoms with Gasteiger partial charge in [-0.15, -0.1) is 0 Å². The number of aryl methyl sites for hydroxylation is 1. The molecular formula is C13H13N3. The van der Waals surface area contributed by atoms with Crippen molar-refractivity contribution in [3.05, 3.63) is 53.7 Å². The smallest absolute Gasteiger partial charge is 0.110 e. The Morgan fingerprint density at radius 3 is 2.94 bits per heavy atom. The normalized spacial score (nSPS) is 11.1. The lowest BCUT2D eigenvalue weighted by Gasteiger charge is -1.98. The van der Waals surface area contributed by atoms with Gasteiger partial charge >= 0.3 is 0 Å². The first-order valence-electron chi connectivity index (χ1n) is 5.39. The van der Waals surface area contributed by atoms with Crippen molar-refractivity contribution >= 4 is 10.9 Å². The van der Waals surface area contributed by atoms with Crippen LogP contribution < -0.4 is 0 Å². The van der Waals surface area contributed by atoms with Gasteiger partial charge in [0.05, 0.1) is 0 Å². The molecule has 1 aromatic carbocycles. The second-order valence-electron chi connectivity index (χ2n) is 3.99. The van der Waals surface area contributed by atoms with E-state index in [0.717, 1.165) is 12.2 Å². The minimum Gasteiger partial charge on any atom is -0.358 e. The Bertz CT molecular complexity index is 605. The molecular weight excluding hydrogens is 198 g/mol. The van der Waals surface area contributed by atoms with Crippen molar-refractivity contribution in [3.63, 3.8) is 0 Å². The average molecular weight is 211 g/mol.